The second kappa shape index (κ2) is 14.0. The maximum atomic E-state index is 13.6. The Balaban J connectivity index is 0.000000382. The summed E-state index contributed by atoms with van der Waals surface area (Å²) in [7, 11) is 3.17. The molecule has 4 N–H and O–H groups in total. The summed E-state index contributed by atoms with van der Waals surface area (Å²) in [6.07, 6.45) is 2.21. The predicted molar refractivity (Wildman–Crippen MR) is 120 cm³/mol. The van der Waals surface area contributed by atoms with Crippen molar-refractivity contribution >= 4 is 18.1 Å². The SMILES string of the molecule is CNc1cc(C(COC)N2CC(F)(F)CNC2=O)ccn1.Cc1ccccc1.NCC=O. The standard InChI is InChI=1S/C13H18F2N4O2.C7H8.C2H5NO/c1-16-11-5-9(3-4-17-11)10(6-21-2)19-8-13(14,15)7-18-12(19)20;1-7-5-3-2-4-6-7;3-1-2-4/h3-5,10H,6-8H2,1-2H3,(H,16,17)(H,18,20);2-6H,1H3;2H,1,3H2. The van der Waals surface area contributed by atoms with Gasteiger partial charge in [-0.05, 0) is 24.6 Å². The fraction of sp³-hybridized carbons (Fsp3) is 0.409. The van der Waals surface area contributed by atoms with Gasteiger partial charge in [-0.2, -0.15) is 0 Å². The molecule has 1 aromatic carbocycles. The van der Waals surface area contributed by atoms with Crippen molar-refractivity contribution in [3.05, 3.63) is 59.8 Å². The normalized spacial score (nSPS) is 15.2. The fourth-order valence-electron chi connectivity index (χ4n) is 2.78. The van der Waals surface area contributed by atoms with Crippen molar-refractivity contribution in [1.82, 2.24) is 15.2 Å². The number of pyridine rings is 1. The average Bonchev–Trinajstić information content (AvgIpc) is 2.80. The van der Waals surface area contributed by atoms with Gasteiger partial charge in [-0.3, -0.25) is 0 Å². The molecule has 1 fully saturated rings. The number of carbonyl (C=O) groups is 2. The number of methoxy groups -OCH3 is 1. The fourth-order valence-corrected chi connectivity index (χ4v) is 2.78. The number of urea groups is 1. The van der Waals surface area contributed by atoms with Crippen LogP contribution in [0.1, 0.15) is 17.2 Å². The number of rotatable bonds is 6. The van der Waals surface area contributed by atoms with Crippen LogP contribution in [0, 0.1) is 6.92 Å². The lowest BCUT2D eigenvalue weighted by molar-refractivity contribution is -0.106. The molecule has 0 spiro atoms. The Morgan fingerprint density at radius 2 is 2.00 bits per heavy atom. The molecule has 0 aliphatic carbocycles. The lowest BCUT2D eigenvalue weighted by atomic mass is 10.1. The van der Waals surface area contributed by atoms with Gasteiger partial charge in [0.1, 0.15) is 12.1 Å². The summed E-state index contributed by atoms with van der Waals surface area (Å²) in [4.78, 5) is 26.1. The number of nitrogens with one attached hydrogen (secondary N) is 2. The molecule has 32 heavy (non-hydrogen) atoms. The number of aryl methyl sites for hydroxylation is 1. The molecule has 1 aromatic heterocycles. The Morgan fingerprint density at radius 3 is 2.50 bits per heavy atom. The monoisotopic (exact) mass is 451 g/mol. The van der Waals surface area contributed by atoms with E-state index in [0.717, 1.165) is 4.90 Å². The Labute approximate surface area is 187 Å². The van der Waals surface area contributed by atoms with E-state index in [4.69, 9.17) is 9.53 Å². The molecule has 2 amide bonds. The zero-order chi connectivity index (χ0) is 24.0. The van der Waals surface area contributed by atoms with Gasteiger partial charge in [0.05, 0.1) is 25.7 Å². The van der Waals surface area contributed by atoms with Crippen LogP contribution in [0.25, 0.3) is 0 Å². The average molecular weight is 452 g/mol. The number of ether oxygens (including phenoxy) is 1. The molecule has 1 unspecified atom stereocenters. The van der Waals surface area contributed by atoms with Crippen molar-refractivity contribution in [3.8, 4) is 0 Å². The molecular formula is C22H31F2N5O3. The van der Waals surface area contributed by atoms with E-state index in [9.17, 15) is 13.6 Å². The maximum Gasteiger partial charge on any atom is 0.318 e. The number of nitrogens with zero attached hydrogens (tertiary/aromatic N) is 2. The van der Waals surface area contributed by atoms with Gasteiger partial charge in [0.25, 0.3) is 5.92 Å². The van der Waals surface area contributed by atoms with Crippen LogP contribution in [-0.2, 0) is 9.53 Å². The number of benzene rings is 1. The second-order valence-electron chi connectivity index (χ2n) is 6.90. The molecule has 0 radical (unpaired) electrons. The van der Waals surface area contributed by atoms with Gasteiger partial charge >= 0.3 is 6.03 Å². The van der Waals surface area contributed by atoms with Crippen molar-refractivity contribution in [2.45, 2.75) is 18.9 Å². The number of nitrogens with two attached hydrogens (primary N) is 1. The van der Waals surface area contributed by atoms with Crippen LogP contribution in [0.3, 0.4) is 0 Å². The molecule has 176 valence electrons. The maximum absolute atomic E-state index is 13.6. The molecule has 1 atom stereocenters. The first kappa shape index (κ1) is 26.9. The van der Waals surface area contributed by atoms with E-state index >= 15 is 0 Å². The molecule has 1 saturated heterocycles. The minimum atomic E-state index is -2.96. The Bertz CT molecular complexity index is 824. The lowest BCUT2D eigenvalue weighted by Crippen LogP contribution is -2.58. The summed E-state index contributed by atoms with van der Waals surface area (Å²) in [6, 6.07) is 12.5. The third kappa shape index (κ3) is 9.36. The number of aromatic nitrogens is 1. The van der Waals surface area contributed by atoms with Gasteiger partial charge in [-0.1, -0.05) is 35.9 Å². The summed E-state index contributed by atoms with van der Waals surface area (Å²) in [6.45, 7) is 1.07. The Morgan fingerprint density at radius 1 is 1.34 bits per heavy atom. The molecule has 2 aromatic rings. The van der Waals surface area contributed by atoms with Crippen LogP contribution < -0.4 is 16.4 Å². The van der Waals surface area contributed by atoms with Gasteiger partial charge in [0, 0.05) is 26.9 Å². The highest BCUT2D eigenvalue weighted by atomic mass is 19.3. The number of alkyl halides is 2. The van der Waals surface area contributed by atoms with Crippen LogP contribution in [0.2, 0.25) is 0 Å². The van der Waals surface area contributed by atoms with E-state index < -0.39 is 31.1 Å². The number of carbonyl (C=O) groups excluding carboxylic acids is 2. The molecule has 0 saturated carbocycles. The van der Waals surface area contributed by atoms with Crippen LogP contribution in [0.15, 0.2) is 48.7 Å². The van der Waals surface area contributed by atoms with Gasteiger partial charge in [0.2, 0.25) is 0 Å². The number of aldehydes is 1. The number of hydrogen-bond donors (Lipinski definition) is 3. The van der Waals surface area contributed by atoms with Crippen molar-refractivity contribution in [1.29, 1.82) is 0 Å². The van der Waals surface area contributed by atoms with Gasteiger partial charge in [-0.15, -0.1) is 0 Å². The van der Waals surface area contributed by atoms with E-state index in [1.165, 1.54) is 12.7 Å². The molecule has 2 heterocycles. The Hall–Kier alpha value is -3.11. The highest BCUT2D eigenvalue weighted by Gasteiger charge is 2.42. The van der Waals surface area contributed by atoms with Crippen molar-refractivity contribution in [2.24, 2.45) is 5.73 Å². The first-order valence-corrected chi connectivity index (χ1v) is 9.98. The first-order chi connectivity index (χ1) is 15.3. The summed E-state index contributed by atoms with van der Waals surface area (Å²) < 4.78 is 32.2. The number of amides is 2. The van der Waals surface area contributed by atoms with E-state index in [1.807, 2.05) is 18.2 Å². The van der Waals surface area contributed by atoms with Crippen molar-refractivity contribution in [2.75, 3.05) is 45.7 Å². The smallest absolute Gasteiger partial charge is 0.318 e. The van der Waals surface area contributed by atoms with E-state index in [2.05, 4.69) is 40.4 Å². The van der Waals surface area contributed by atoms with Crippen LogP contribution in [0.4, 0.5) is 19.4 Å². The Kier molecular flexibility index (Phi) is 11.8. The molecule has 8 nitrogen and oxygen atoms in total. The summed E-state index contributed by atoms with van der Waals surface area (Å²) in [5, 5.41) is 5.09. The lowest BCUT2D eigenvalue weighted by Gasteiger charge is -2.38. The third-order valence-electron chi connectivity index (χ3n) is 4.32. The van der Waals surface area contributed by atoms with Crippen LogP contribution in [0.5, 0.6) is 0 Å². The van der Waals surface area contributed by atoms with Crippen molar-refractivity contribution in [3.63, 3.8) is 0 Å². The zero-order valence-corrected chi connectivity index (χ0v) is 18.6. The molecule has 3 rings (SSSR count). The third-order valence-corrected chi connectivity index (χ3v) is 4.32. The minimum Gasteiger partial charge on any atom is -0.382 e. The first-order valence-electron chi connectivity index (χ1n) is 9.98. The quantitative estimate of drug-likeness (QED) is 0.583. The number of halogens is 2. The van der Waals surface area contributed by atoms with E-state index in [0.29, 0.717) is 17.7 Å². The second-order valence-corrected chi connectivity index (χ2v) is 6.90. The molecule has 0 bridgehead atoms. The highest BCUT2D eigenvalue weighted by molar-refractivity contribution is 5.76. The van der Waals surface area contributed by atoms with Gasteiger partial charge in [0.15, 0.2) is 0 Å². The predicted octanol–water partition coefficient (Wildman–Crippen LogP) is 2.61. The molecular weight excluding hydrogens is 420 g/mol. The minimum absolute atomic E-state index is 0.122. The van der Waals surface area contributed by atoms with E-state index in [1.54, 1.807) is 25.4 Å². The highest BCUT2D eigenvalue weighted by Crippen LogP contribution is 2.28. The summed E-state index contributed by atoms with van der Waals surface area (Å²) in [5.74, 6) is -2.36. The zero-order valence-electron chi connectivity index (χ0n) is 18.6. The van der Waals surface area contributed by atoms with Gasteiger partial charge < -0.3 is 30.8 Å². The van der Waals surface area contributed by atoms with Gasteiger partial charge in [-0.25, -0.2) is 18.6 Å². The molecule has 10 heteroatoms. The van der Waals surface area contributed by atoms with Crippen molar-refractivity contribution < 1.29 is 23.1 Å². The van der Waals surface area contributed by atoms with E-state index in [-0.39, 0.29) is 13.2 Å². The topological polar surface area (TPSA) is 110 Å². The molecule has 1 aliphatic heterocycles. The molecule has 1 aliphatic rings. The number of hydrogen-bond acceptors (Lipinski definition) is 6. The summed E-state index contributed by atoms with van der Waals surface area (Å²) >= 11 is 0. The largest absolute Gasteiger partial charge is 0.382 e. The van der Waals surface area contributed by atoms with Crippen LogP contribution in [-0.4, -0.2) is 68.5 Å². The number of anilines is 1. The summed E-state index contributed by atoms with van der Waals surface area (Å²) in [5.41, 5.74) is 6.67. The van der Waals surface area contributed by atoms with Crippen LogP contribution >= 0.6 is 0 Å².